The van der Waals surface area contributed by atoms with Gasteiger partial charge in [-0.05, 0) is 18.2 Å². The molecule has 0 radical (unpaired) electrons. The number of thioether (sulfide) groups is 1. The molecule has 7 heteroatoms. The zero-order valence-electron chi connectivity index (χ0n) is 10.5. The Morgan fingerprint density at radius 3 is 2.85 bits per heavy atom. The molecular weight excluding hydrogens is 344 g/mol. The van der Waals surface area contributed by atoms with E-state index in [2.05, 4.69) is 32.5 Å². The lowest BCUT2D eigenvalue weighted by Crippen LogP contribution is -2.31. The van der Waals surface area contributed by atoms with Crippen molar-refractivity contribution in [3.8, 4) is 12.3 Å². The lowest BCUT2D eigenvalue weighted by molar-refractivity contribution is 0.0698. The SMILES string of the molecule is C#CCSCCNC(=O)Nc1ccc(Br)cc1C(=O)O. The van der Waals surface area contributed by atoms with Gasteiger partial charge in [0.05, 0.1) is 17.0 Å². The number of carboxylic acids is 1. The van der Waals surface area contributed by atoms with Crippen molar-refractivity contribution >= 4 is 45.4 Å². The Bertz CT molecular complexity index is 543. The molecule has 0 aliphatic carbocycles. The van der Waals surface area contributed by atoms with Crippen LogP contribution >= 0.6 is 27.7 Å². The van der Waals surface area contributed by atoms with Gasteiger partial charge < -0.3 is 15.7 Å². The van der Waals surface area contributed by atoms with E-state index in [0.717, 1.165) is 0 Å². The number of anilines is 1. The van der Waals surface area contributed by atoms with E-state index in [1.165, 1.54) is 23.9 Å². The van der Waals surface area contributed by atoms with Crippen molar-refractivity contribution in [3.63, 3.8) is 0 Å². The second kappa shape index (κ2) is 8.51. The number of urea groups is 1. The second-order valence-electron chi connectivity index (χ2n) is 3.63. The highest BCUT2D eigenvalue weighted by Crippen LogP contribution is 2.21. The number of hydrogen-bond acceptors (Lipinski definition) is 3. The van der Waals surface area contributed by atoms with E-state index in [4.69, 9.17) is 11.5 Å². The third-order valence-corrected chi connectivity index (χ3v) is 3.53. The highest BCUT2D eigenvalue weighted by atomic mass is 79.9. The van der Waals surface area contributed by atoms with Crippen LogP contribution in [0, 0.1) is 12.3 Å². The van der Waals surface area contributed by atoms with Crippen LogP contribution < -0.4 is 10.6 Å². The summed E-state index contributed by atoms with van der Waals surface area (Å²) in [6.07, 6.45) is 5.10. The van der Waals surface area contributed by atoms with Gasteiger partial charge in [-0.25, -0.2) is 9.59 Å². The molecule has 20 heavy (non-hydrogen) atoms. The molecule has 1 aromatic rings. The fraction of sp³-hybridized carbons (Fsp3) is 0.231. The zero-order chi connectivity index (χ0) is 15.0. The van der Waals surface area contributed by atoms with Gasteiger partial charge in [0, 0.05) is 16.8 Å². The van der Waals surface area contributed by atoms with E-state index < -0.39 is 12.0 Å². The van der Waals surface area contributed by atoms with Crippen LogP contribution in [0.15, 0.2) is 22.7 Å². The third-order valence-electron chi connectivity index (χ3n) is 2.18. The number of nitrogens with one attached hydrogen (secondary N) is 2. The molecule has 0 aliphatic rings. The van der Waals surface area contributed by atoms with Crippen molar-refractivity contribution < 1.29 is 14.7 Å². The minimum Gasteiger partial charge on any atom is -0.478 e. The van der Waals surface area contributed by atoms with E-state index in [1.807, 2.05) is 0 Å². The van der Waals surface area contributed by atoms with Crippen LogP contribution in [0.25, 0.3) is 0 Å². The van der Waals surface area contributed by atoms with Gasteiger partial charge in [0.25, 0.3) is 0 Å². The molecular formula is C13H13BrN2O3S. The molecule has 2 amide bonds. The molecule has 5 nitrogen and oxygen atoms in total. The topological polar surface area (TPSA) is 78.4 Å². The molecule has 0 unspecified atom stereocenters. The Kier molecular flexibility index (Phi) is 6.98. The van der Waals surface area contributed by atoms with Gasteiger partial charge in [0.15, 0.2) is 0 Å². The Morgan fingerprint density at radius 1 is 1.45 bits per heavy atom. The van der Waals surface area contributed by atoms with E-state index in [0.29, 0.717) is 22.5 Å². The summed E-state index contributed by atoms with van der Waals surface area (Å²) in [7, 11) is 0. The zero-order valence-corrected chi connectivity index (χ0v) is 12.9. The van der Waals surface area contributed by atoms with Crippen molar-refractivity contribution in [2.24, 2.45) is 0 Å². The van der Waals surface area contributed by atoms with E-state index in [-0.39, 0.29) is 11.3 Å². The molecule has 3 N–H and O–H groups in total. The number of halogens is 1. The maximum Gasteiger partial charge on any atom is 0.337 e. The summed E-state index contributed by atoms with van der Waals surface area (Å²) in [5, 5.41) is 14.2. The molecule has 0 bridgehead atoms. The van der Waals surface area contributed by atoms with Crippen LogP contribution in [0.5, 0.6) is 0 Å². The van der Waals surface area contributed by atoms with Crippen molar-refractivity contribution in [2.45, 2.75) is 0 Å². The van der Waals surface area contributed by atoms with E-state index in [1.54, 1.807) is 6.07 Å². The second-order valence-corrected chi connectivity index (χ2v) is 5.65. The van der Waals surface area contributed by atoms with Gasteiger partial charge in [-0.15, -0.1) is 18.2 Å². The monoisotopic (exact) mass is 356 g/mol. The number of amides is 2. The normalized spacial score (nSPS) is 9.60. The molecule has 1 aromatic carbocycles. The summed E-state index contributed by atoms with van der Waals surface area (Å²) in [5.41, 5.74) is 0.269. The molecule has 106 valence electrons. The minimum absolute atomic E-state index is 0.0243. The van der Waals surface area contributed by atoms with Gasteiger partial charge in [-0.2, -0.15) is 0 Å². The van der Waals surface area contributed by atoms with Crippen LogP contribution in [0.1, 0.15) is 10.4 Å². The Hall–Kier alpha value is -1.65. The van der Waals surface area contributed by atoms with Crippen LogP contribution in [-0.2, 0) is 0 Å². The van der Waals surface area contributed by atoms with Crippen molar-refractivity contribution in [2.75, 3.05) is 23.4 Å². The average molecular weight is 357 g/mol. The first-order chi connectivity index (χ1) is 9.54. The van der Waals surface area contributed by atoms with Crippen LogP contribution in [0.4, 0.5) is 10.5 Å². The summed E-state index contributed by atoms with van der Waals surface area (Å²) in [6, 6.07) is 4.17. The van der Waals surface area contributed by atoms with E-state index >= 15 is 0 Å². The highest BCUT2D eigenvalue weighted by Gasteiger charge is 2.12. The van der Waals surface area contributed by atoms with Crippen molar-refractivity contribution in [1.29, 1.82) is 0 Å². The molecule has 1 rings (SSSR count). The standard InChI is InChI=1S/C13H13BrN2O3S/c1-2-6-20-7-5-15-13(19)16-11-4-3-9(14)8-10(11)12(17)18/h1,3-4,8H,5-7H2,(H,17,18)(H2,15,16,19). The van der Waals surface area contributed by atoms with Crippen LogP contribution in [0.2, 0.25) is 0 Å². The maximum atomic E-state index is 11.6. The fourth-order valence-electron chi connectivity index (χ4n) is 1.34. The molecule has 0 heterocycles. The third kappa shape index (κ3) is 5.55. The summed E-state index contributed by atoms with van der Waals surface area (Å²) in [6.45, 7) is 0.455. The fourth-order valence-corrected chi connectivity index (χ4v) is 2.21. The average Bonchev–Trinajstić information content (AvgIpc) is 2.40. The number of carbonyl (C=O) groups excluding carboxylic acids is 1. The van der Waals surface area contributed by atoms with Gasteiger partial charge in [0.1, 0.15) is 0 Å². The molecule has 0 spiro atoms. The molecule has 0 aromatic heterocycles. The van der Waals surface area contributed by atoms with Gasteiger partial charge in [0.2, 0.25) is 0 Å². The van der Waals surface area contributed by atoms with Crippen LogP contribution in [0.3, 0.4) is 0 Å². The summed E-state index contributed by atoms with van der Waals surface area (Å²) in [5.74, 6) is 2.67. The first-order valence-electron chi connectivity index (χ1n) is 5.63. The molecule has 0 aliphatic heterocycles. The quantitative estimate of drug-likeness (QED) is 0.540. The summed E-state index contributed by atoms with van der Waals surface area (Å²) >= 11 is 4.72. The number of carboxylic acid groups (broad SMARTS) is 1. The summed E-state index contributed by atoms with van der Waals surface area (Å²) in [4.78, 5) is 22.7. The summed E-state index contributed by atoms with van der Waals surface area (Å²) < 4.78 is 0.631. The van der Waals surface area contributed by atoms with E-state index in [9.17, 15) is 9.59 Å². The maximum absolute atomic E-state index is 11.6. The van der Waals surface area contributed by atoms with Crippen molar-refractivity contribution in [1.82, 2.24) is 5.32 Å². The number of rotatable bonds is 6. The number of benzene rings is 1. The molecule has 0 saturated carbocycles. The number of terminal acetylenes is 1. The first kappa shape index (κ1) is 16.4. The van der Waals surface area contributed by atoms with Gasteiger partial charge in [-0.3, -0.25) is 0 Å². The predicted octanol–water partition coefficient (Wildman–Crippen LogP) is 2.64. The predicted molar refractivity (Wildman–Crippen MR) is 84.3 cm³/mol. The molecule has 0 fully saturated rings. The number of aromatic carboxylic acids is 1. The first-order valence-corrected chi connectivity index (χ1v) is 7.58. The van der Waals surface area contributed by atoms with Crippen molar-refractivity contribution in [3.05, 3.63) is 28.2 Å². The smallest absolute Gasteiger partial charge is 0.337 e. The lowest BCUT2D eigenvalue weighted by atomic mass is 10.2. The lowest BCUT2D eigenvalue weighted by Gasteiger charge is -2.10. The highest BCUT2D eigenvalue weighted by molar-refractivity contribution is 9.10. The largest absolute Gasteiger partial charge is 0.478 e. The Labute approximate surface area is 129 Å². The Morgan fingerprint density at radius 2 is 2.20 bits per heavy atom. The van der Waals surface area contributed by atoms with Gasteiger partial charge >= 0.3 is 12.0 Å². The number of hydrogen-bond donors (Lipinski definition) is 3. The Balaban J connectivity index is 2.54. The molecule has 0 atom stereocenters. The van der Waals surface area contributed by atoms with Crippen LogP contribution in [-0.4, -0.2) is 35.2 Å². The minimum atomic E-state index is -1.11. The number of carbonyl (C=O) groups is 2. The van der Waals surface area contributed by atoms with Gasteiger partial charge in [-0.1, -0.05) is 21.9 Å². The molecule has 0 saturated heterocycles.